The van der Waals surface area contributed by atoms with E-state index in [1.165, 1.54) is 46.8 Å². The molecule has 4 rings (SSSR count). The molecule has 0 saturated carbocycles. The Balaban J connectivity index is 1.97. The van der Waals surface area contributed by atoms with Crippen LogP contribution in [0.5, 0.6) is 0 Å². The first kappa shape index (κ1) is 24.4. The summed E-state index contributed by atoms with van der Waals surface area (Å²) in [5.74, 6) is 0. The molecule has 0 unspecified atom stereocenters. The van der Waals surface area contributed by atoms with E-state index in [1.54, 1.807) is 33.4 Å². The predicted octanol–water partition coefficient (Wildman–Crippen LogP) is 9.35. The standard InChI is InChI=1S/2C9H13.2C7H7.Zr/c2*1-3-5-9-7-4-6-8(9)2;2*1-7-5-3-2-4-6-7;/h2*6H,3-5H2,1-2H3;2*2-6H,1H2;. The van der Waals surface area contributed by atoms with Crippen molar-refractivity contribution in [2.24, 2.45) is 0 Å². The second-order valence-electron chi connectivity index (χ2n) is 10.0. The molecule has 172 valence electrons. The maximum atomic E-state index is 2.55. The van der Waals surface area contributed by atoms with Gasteiger partial charge in [0.1, 0.15) is 0 Å². The van der Waals surface area contributed by atoms with Gasteiger partial charge in [0.2, 0.25) is 0 Å². The van der Waals surface area contributed by atoms with Crippen LogP contribution in [0.25, 0.3) is 0 Å². The molecule has 33 heavy (non-hydrogen) atoms. The third-order valence-corrected chi connectivity index (χ3v) is 20.9. The molecule has 0 heterocycles. The van der Waals surface area contributed by atoms with Gasteiger partial charge in [0.25, 0.3) is 0 Å². The summed E-state index contributed by atoms with van der Waals surface area (Å²) in [5, 5.41) is 0. The van der Waals surface area contributed by atoms with Crippen molar-refractivity contribution in [3.05, 3.63) is 113 Å². The Morgan fingerprint density at radius 2 is 1.00 bits per heavy atom. The first-order valence-electron chi connectivity index (χ1n) is 13.0. The Kier molecular flexibility index (Phi) is 8.24. The van der Waals surface area contributed by atoms with Crippen LogP contribution in [0.15, 0.2) is 102 Å². The van der Waals surface area contributed by atoms with Gasteiger partial charge in [-0.15, -0.1) is 0 Å². The summed E-state index contributed by atoms with van der Waals surface area (Å²) in [6, 6.07) is 22.9. The zero-order valence-electron chi connectivity index (χ0n) is 21.1. The second-order valence-corrected chi connectivity index (χ2v) is 20.0. The molecule has 2 aliphatic carbocycles. The predicted molar refractivity (Wildman–Crippen MR) is 141 cm³/mol. The van der Waals surface area contributed by atoms with Gasteiger partial charge in [0.05, 0.1) is 0 Å². The number of rotatable bonds is 10. The summed E-state index contributed by atoms with van der Waals surface area (Å²) in [6.07, 6.45) is 12.4. The van der Waals surface area contributed by atoms with Crippen molar-refractivity contribution in [2.75, 3.05) is 0 Å². The second kappa shape index (κ2) is 11.1. The molecule has 1 heteroatoms. The van der Waals surface area contributed by atoms with Crippen molar-refractivity contribution < 1.29 is 20.3 Å². The van der Waals surface area contributed by atoms with Crippen LogP contribution in [-0.4, -0.2) is 0 Å². The fraction of sp³-hybridized carbons (Fsp3) is 0.375. The molecule has 0 atom stereocenters. The van der Waals surface area contributed by atoms with Crippen LogP contribution in [0.4, 0.5) is 0 Å². The minimum atomic E-state index is -3.10. The molecule has 0 amide bonds. The molecule has 0 aromatic heterocycles. The molecule has 0 saturated heterocycles. The molecule has 2 aromatic rings. The SMILES string of the molecule is CCCC1=[C]([Zr]([CH2]c2ccccc2)([CH2]c2ccccc2)[C]2=C(CCC)C(C)=CC2)CC=C1C. The van der Waals surface area contributed by atoms with E-state index >= 15 is 0 Å². The zero-order chi connectivity index (χ0) is 23.3. The minimum absolute atomic E-state index is 1.19. The van der Waals surface area contributed by atoms with E-state index in [2.05, 4.69) is 101 Å². The van der Waals surface area contributed by atoms with Crippen molar-refractivity contribution in [3.8, 4) is 0 Å². The average Bonchev–Trinajstić information content (AvgIpc) is 3.38. The average molecular weight is 516 g/mol. The van der Waals surface area contributed by atoms with Crippen LogP contribution in [0.2, 0.25) is 0 Å². The van der Waals surface area contributed by atoms with Crippen LogP contribution < -0.4 is 0 Å². The van der Waals surface area contributed by atoms with E-state index in [-0.39, 0.29) is 0 Å². The van der Waals surface area contributed by atoms with Gasteiger partial charge in [-0.1, -0.05) is 0 Å². The molecule has 0 nitrogen and oxygen atoms in total. The number of allylic oxidation sites excluding steroid dienone is 8. The molecule has 2 aliphatic rings. The summed E-state index contributed by atoms with van der Waals surface area (Å²) in [5.41, 5.74) is 9.68. The van der Waals surface area contributed by atoms with Crippen LogP contribution in [-0.2, 0) is 28.5 Å². The maximum absolute atomic E-state index is 3.10. The summed E-state index contributed by atoms with van der Waals surface area (Å²) in [7, 11) is 0. The van der Waals surface area contributed by atoms with Crippen LogP contribution >= 0.6 is 0 Å². The van der Waals surface area contributed by atoms with Crippen molar-refractivity contribution >= 4 is 0 Å². The summed E-state index contributed by atoms with van der Waals surface area (Å²) < 4.78 is 6.39. The molecule has 0 N–H and O–H groups in total. The van der Waals surface area contributed by atoms with Gasteiger partial charge in [-0.05, 0) is 0 Å². The van der Waals surface area contributed by atoms with E-state index in [4.69, 9.17) is 0 Å². The Labute approximate surface area is 206 Å². The van der Waals surface area contributed by atoms with E-state index in [0.29, 0.717) is 0 Å². The van der Waals surface area contributed by atoms with E-state index in [1.807, 2.05) is 6.56 Å². The Hall–Kier alpha value is -1.72. The van der Waals surface area contributed by atoms with Crippen LogP contribution in [0.1, 0.15) is 77.3 Å². The molecule has 2 aromatic carbocycles. The number of hydrogen-bond acceptors (Lipinski definition) is 0. The Morgan fingerprint density at radius 1 is 0.606 bits per heavy atom. The fourth-order valence-electron chi connectivity index (χ4n) is 6.20. The first-order chi connectivity index (χ1) is 16.1. The topological polar surface area (TPSA) is 0 Å². The van der Waals surface area contributed by atoms with Crippen molar-refractivity contribution in [2.45, 2.75) is 74.5 Å². The molecule has 0 bridgehead atoms. The van der Waals surface area contributed by atoms with Crippen molar-refractivity contribution in [3.63, 3.8) is 0 Å². The zero-order valence-corrected chi connectivity index (χ0v) is 23.5. The van der Waals surface area contributed by atoms with Gasteiger partial charge < -0.3 is 0 Å². The molecular weight excluding hydrogens is 476 g/mol. The van der Waals surface area contributed by atoms with Gasteiger partial charge in [0, 0.05) is 0 Å². The van der Waals surface area contributed by atoms with Gasteiger partial charge in [-0.2, -0.15) is 0 Å². The van der Waals surface area contributed by atoms with Gasteiger partial charge in [-0.3, -0.25) is 0 Å². The van der Waals surface area contributed by atoms with Crippen LogP contribution in [0.3, 0.4) is 0 Å². The molecule has 0 radical (unpaired) electrons. The van der Waals surface area contributed by atoms with Crippen molar-refractivity contribution in [1.29, 1.82) is 0 Å². The van der Waals surface area contributed by atoms with E-state index < -0.39 is 20.3 Å². The summed E-state index contributed by atoms with van der Waals surface area (Å²) >= 11 is -3.10. The third kappa shape index (κ3) is 5.20. The first-order valence-corrected chi connectivity index (χ1v) is 18.9. The van der Waals surface area contributed by atoms with Crippen LogP contribution in [0, 0.1) is 0 Å². The van der Waals surface area contributed by atoms with E-state index in [9.17, 15) is 0 Å². The van der Waals surface area contributed by atoms with Gasteiger partial charge in [0.15, 0.2) is 0 Å². The summed E-state index contributed by atoms with van der Waals surface area (Å²) in [4.78, 5) is 0. The summed E-state index contributed by atoms with van der Waals surface area (Å²) in [6.45, 7) is 9.45. The van der Waals surface area contributed by atoms with Gasteiger partial charge >= 0.3 is 208 Å². The Bertz CT molecular complexity index is 990. The quantitative estimate of drug-likeness (QED) is 0.296. The molecule has 0 aliphatic heterocycles. The normalized spacial score (nSPS) is 16.5. The number of benzene rings is 2. The molecular formula is C32H40Zr. The third-order valence-electron chi connectivity index (χ3n) is 7.76. The number of hydrogen-bond donors (Lipinski definition) is 0. The van der Waals surface area contributed by atoms with Crippen molar-refractivity contribution in [1.82, 2.24) is 0 Å². The molecule has 0 spiro atoms. The molecule has 0 fully saturated rings. The van der Waals surface area contributed by atoms with E-state index in [0.717, 1.165) is 0 Å². The fourth-order valence-corrected chi connectivity index (χ4v) is 20.9. The monoisotopic (exact) mass is 514 g/mol. The Morgan fingerprint density at radius 3 is 1.36 bits per heavy atom. The van der Waals surface area contributed by atoms with Gasteiger partial charge in [-0.25, -0.2) is 0 Å².